The Labute approximate surface area is 185 Å². The van der Waals surface area contributed by atoms with Gasteiger partial charge in [-0.05, 0) is 47.9 Å². The van der Waals surface area contributed by atoms with Crippen molar-refractivity contribution in [2.45, 2.75) is 18.4 Å². The number of halogens is 1. The van der Waals surface area contributed by atoms with Gasteiger partial charge in [0.15, 0.2) is 5.60 Å². The normalized spacial score (nSPS) is 20.1. The van der Waals surface area contributed by atoms with Crippen molar-refractivity contribution in [1.29, 1.82) is 0 Å². The zero-order valence-electron chi connectivity index (χ0n) is 17.4. The molecule has 32 heavy (non-hydrogen) atoms. The highest BCUT2D eigenvalue weighted by Gasteiger charge is 2.51. The number of para-hydroxylation sites is 1. The van der Waals surface area contributed by atoms with Gasteiger partial charge in [0.05, 0.1) is 18.7 Å². The fourth-order valence-electron chi connectivity index (χ4n) is 4.43. The Bertz CT molecular complexity index is 1170. The van der Waals surface area contributed by atoms with E-state index < -0.39 is 5.60 Å². The number of carbonyl (C=O) groups excluding carboxylic acids is 2. The van der Waals surface area contributed by atoms with Crippen molar-refractivity contribution in [2.24, 2.45) is 0 Å². The number of benzene rings is 2. The zero-order valence-corrected chi connectivity index (χ0v) is 17.4. The second kappa shape index (κ2) is 8.07. The number of aromatic nitrogens is 1. The van der Waals surface area contributed by atoms with Gasteiger partial charge in [0.2, 0.25) is 0 Å². The topological polar surface area (TPSA) is 62.7 Å². The lowest BCUT2D eigenvalue weighted by molar-refractivity contribution is 0.0553. The molecule has 2 aliphatic rings. The largest absolute Gasteiger partial charge is 0.439 e. The van der Waals surface area contributed by atoms with Crippen LogP contribution in [0.5, 0.6) is 0 Å². The van der Waals surface area contributed by atoms with Crippen LogP contribution in [0.4, 0.5) is 14.9 Å². The molecule has 0 saturated carbocycles. The molecule has 2 saturated heterocycles. The van der Waals surface area contributed by atoms with E-state index in [1.54, 1.807) is 34.3 Å². The molecule has 1 atom stereocenters. The lowest BCUT2D eigenvalue weighted by Gasteiger charge is -2.22. The molecule has 1 aromatic heterocycles. The maximum Gasteiger partial charge on any atom is 0.415 e. The highest BCUT2D eigenvalue weighted by atomic mass is 19.1. The smallest absolute Gasteiger partial charge is 0.415 e. The molecule has 6 nitrogen and oxygen atoms in total. The molecule has 3 aromatic rings. The van der Waals surface area contributed by atoms with Crippen molar-refractivity contribution in [3.05, 3.63) is 95.6 Å². The minimum atomic E-state index is -0.699. The molecular weight excluding hydrogens is 409 g/mol. The van der Waals surface area contributed by atoms with Crippen LogP contribution in [-0.4, -0.2) is 47.1 Å². The van der Waals surface area contributed by atoms with Crippen LogP contribution in [-0.2, 0) is 11.2 Å². The van der Waals surface area contributed by atoms with Gasteiger partial charge in [-0.15, -0.1) is 0 Å². The molecular formula is C25H22FN3O3. The fourth-order valence-corrected chi connectivity index (χ4v) is 4.43. The number of anilines is 1. The monoisotopic (exact) mass is 431 g/mol. The first-order valence-corrected chi connectivity index (χ1v) is 10.5. The second-order valence-electron chi connectivity index (χ2n) is 8.34. The Kier molecular flexibility index (Phi) is 5.09. The molecule has 3 heterocycles. The van der Waals surface area contributed by atoms with Crippen LogP contribution in [0.1, 0.15) is 27.9 Å². The number of hydrogen-bond acceptors (Lipinski definition) is 4. The van der Waals surface area contributed by atoms with Gasteiger partial charge in [0, 0.05) is 31.0 Å². The predicted molar refractivity (Wildman–Crippen MR) is 117 cm³/mol. The summed E-state index contributed by atoms with van der Waals surface area (Å²) in [6, 6.07) is 17.6. The SMILES string of the molecule is O=C(c1cncc(Cc2cccc(F)c2)c1)N1CC[C@@]2(C1)CN(c1ccccc1)C(=O)O2. The number of pyridine rings is 1. The van der Waals surface area contributed by atoms with Gasteiger partial charge < -0.3 is 9.64 Å². The first-order valence-electron chi connectivity index (χ1n) is 10.5. The van der Waals surface area contributed by atoms with E-state index in [1.807, 2.05) is 36.4 Å². The van der Waals surface area contributed by atoms with Crippen molar-refractivity contribution in [2.75, 3.05) is 24.5 Å². The van der Waals surface area contributed by atoms with Crippen LogP contribution >= 0.6 is 0 Å². The lowest BCUT2D eigenvalue weighted by Crippen LogP contribution is -2.39. The summed E-state index contributed by atoms with van der Waals surface area (Å²) < 4.78 is 19.2. The summed E-state index contributed by atoms with van der Waals surface area (Å²) in [7, 11) is 0. The molecule has 1 spiro atoms. The first kappa shape index (κ1) is 20.2. The number of ether oxygens (including phenoxy) is 1. The molecule has 0 N–H and O–H groups in total. The summed E-state index contributed by atoms with van der Waals surface area (Å²) in [6.07, 6.45) is 3.91. The van der Waals surface area contributed by atoms with Crippen molar-refractivity contribution >= 4 is 17.7 Å². The van der Waals surface area contributed by atoms with E-state index in [0.29, 0.717) is 38.0 Å². The molecule has 7 heteroatoms. The summed E-state index contributed by atoms with van der Waals surface area (Å²) in [6.45, 7) is 1.26. The lowest BCUT2D eigenvalue weighted by atomic mass is 10.0. The summed E-state index contributed by atoms with van der Waals surface area (Å²) in [4.78, 5) is 33.2. The van der Waals surface area contributed by atoms with E-state index in [2.05, 4.69) is 4.98 Å². The molecule has 0 radical (unpaired) electrons. The highest BCUT2D eigenvalue weighted by molar-refractivity contribution is 5.95. The maximum absolute atomic E-state index is 13.5. The fraction of sp³-hybridized carbons (Fsp3) is 0.240. The van der Waals surface area contributed by atoms with E-state index >= 15 is 0 Å². The van der Waals surface area contributed by atoms with Crippen LogP contribution in [0.2, 0.25) is 0 Å². The summed E-state index contributed by atoms with van der Waals surface area (Å²) in [5, 5.41) is 0. The van der Waals surface area contributed by atoms with Gasteiger partial charge in [-0.25, -0.2) is 9.18 Å². The average Bonchev–Trinajstić information content (AvgIpc) is 3.36. The first-order chi connectivity index (χ1) is 15.5. The van der Waals surface area contributed by atoms with Crippen molar-refractivity contribution in [3.8, 4) is 0 Å². The molecule has 162 valence electrons. The third-order valence-corrected chi connectivity index (χ3v) is 5.98. The van der Waals surface area contributed by atoms with Gasteiger partial charge in [0.1, 0.15) is 5.82 Å². The number of rotatable bonds is 4. The van der Waals surface area contributed by atoms with Crippen LogP contribution in [0, 0.1) is 5.82 Å². The summed E-state index contributed by atoms with van der Waals surface area (Å²) >= 11 is 0. The number of nitrogens with zero attached hydrogens (tertiary/aromatic N) is 3. The number of amides is 2. The van der Waals surface area contributed by atoms with E-state index in [9.17, 15) is 14.0 Å². The molecule has 2 aromatic carbocycles. The third-order valence-electron chi connectivity index (χ3n) is 5.98. The number of hydrogen-bond donors (Lipinski definition) is 0. The molecule has 0 unspecified atom stereocenters. The number of likely N-dealkylation sites (tertiary alicyclic amines) is 1. The summed E-state index contributed by atoms with van der Waals surface area (Å²) in [5.74, 6) is -0.439. The molecule has 0 aliphatic carbocycles. The quantitative estimate of drug-likeness (QED) is 0.625. The van der Waals surface area contributed by atoms with E-state index in [1.165, 1.54) is 12.1 Å². The van der Waals surface area contributed by atoms with Crippen molar-refractivity contribution in [3.63, 3.8) is 0 Å². The third kappa shape index (κ3) is 3.93. The van der Waals surface area contributed by atoms with E-state index in [-0.39, 0.29) is 17.8 Å². The van der Waals surface area contributed by atoms with Gasteiger partial charge in [-0.2, -0.15) is 0 Å². The Morgan fingerprint density at radius 1 is 1.03 bits per heavy atom. The molecule has 5 rings (SSSR count). The van der Waals surface area contributed by atoms with Crippen LogP contribution in [0.25, 0.3) is 0 Å². The van der Waals surface area contributed by atoms with Gasteiger partial charge in [-0.3, -0.25) is 14.7 Å². The van der Waals surface area contributed by atoms with Gasteiger partial charge in [-0.1, -0.05) is 30.3 Å². The van der Waals surface area contributed by atoms with Gasteiger partial charge in [0.25, 0.3) is 5.91 Å². The average molecular weight is 431 g/mol. The molecule has 2 amide bonds. The van der Waals surface area contributed by atoms with Crippen LogP contribution < -0.4 is 4.90 Å². The predicted octanol–water partition coefficient (Wildman–Crippen LogP) is 4.05. The maximum atomic E-state index is 13.5. The van der Waals surface area contributed by atoms with Crippen LogP contribution in [0.15, 0.2) is 73.1 Å². The van der Waals surface area contributed by atoms with E-state index in [4.69, 9.17) is 4.74 Å². The van der Waals surface area contributed by atoms with Gasteiger partial charge >= 0.3 is 6.09 Å². The minimum Gasteiger partial charge on any atom is -0.439 e. The zero-order chi connectivity index (χ0) is 22.1. The minimum absolute atomic E-state index is 0.148. The summed E-state index contributed by atoms with van der Waals surface area (Å²) in [5.41, 5.74) is 2.21. The molecule has 0 bridgehead atoms. The molecule has 2 fully saturated rings. The Hall–Kier alpha value is -3.74. The van der Waals surface area contributed by atoms with Crippen molar-refractivity contribution in [1.82, 2.24) is 9.88 Å². The number of carbonyl (C=O) groups is 2. The highest BCUT2D eigenvalue weighted by Crippen LogP contribution is 2.35. The van der Waals surface area contributed by atoms with Crippen LogP contribution in [0.3, 0.4) is 0 Å². The Balaban J connectivity index is 1.29. The van der Waals surface area contributed by atoms with E-state index in [0.717, 1.165) is 16.8 Å². The Morgan fingerprint density at radius 2 is 1.88 bits per heavy atom. The second-order valence-corrected chi connectivity index (χ2v) is 8.34. The standard InChI is InChI=1S/C25H22FN3O3/c26-21-6-4-5-18(13-21)11-19-12-20(15-27-14-19)23(30)28-10-9-25(16-28)17-29(24(31)32-25)22-7-2-1-3-8-22/h1-8,12-15H,9-11,16-17H2/t25-/m1/s1. The molecule has 2 aliphatic heterocycles. The Morgan fingerprint density at radius 3 is 2.69 bits per heavy atom. The van der Waals surface area contributed by atoms with Crippen molar-refractivity contribution < 1.29 is 18.7 Å².